The fourth-order valence-corrected chi connectivity index (χ4v) is 9.76. The summed E-state index contributed by atoms with van der Waals surface area (Å²) >= 11 is 0. The number of imidazole rings is 1. The smallest absolute Gasteiger partial charge is 0.343 e. The summed E-state index contributed by atoms with van der Waals surface area (Å²) in [6.07, 6.45) is 6.34. The highest BCUT2D eigenvalue weighted by molar-refractivity contribution is 7.90. The molecule has 1 heterocycles. The highest BCUT2D eigenvalue weighted by Crippen LogP contribution is 2.59. The Hall–Kier alpha value is -3.22. The molecular weight excluding hydrogens is 606 g/mol. The zero-order valence-electron chi connectivity index (χ0n) is 25.8. The van der Waals surface area contributed by atoms with Crippen LogP contribution in [0.1, 0.15) is 59.3 Å². The number of benzene rings is 2. The quantitative estimate of drug-likeness (QED) is 0.268. The number of methoxy groups -OCH3 is 1. The molecule has 0 saturated heterocycles. The minimum absolute atomic E-state index is 0. The molecule has 4 fully saturated rings. The molecular formula is C31H44ClN5O6S. The summed E-state index contributed by atoms with van der Waals surface area (Å²) < 4.78 is 42.9. The molecule has 13 heteroatoms. The van der Waals surface area contributed by atoms with Crippen LogP contribution in [0.25, 0.3) is 11.0 Å². The summed E-state index contributed by atoms with van der Waals surface area (Å²) in [5.74, 6) is 2.76. The summed E-state index contributed by atoms with van der Waals surface area (Å²) in [6.45, 7) is 7.72. The van der Waals surface area contributed by atoms with Crippen LogP contribution in [-0.4, -0.2) is 60.1 Å². The van der Waals surface area contributed by atoms with Gasteiger partial charge in [0.25, 0.3) is 10.0 Å². The van der Waals surface area contributed by atoms with Crippen molar-refractivity contribution in [3.63, 3.8) is 0 Å². The predicted octanol–water partition coefficient (Wildman–Crippen LogP) is 4.26. The van der Waals surface area contributed by atoms with Crippen LogP contribution in [0.15, 0.2) is 51.1 Å². The zero-order valence-corrected chi connectivity index (χ0v) is 27.4. The van der Waals surface area contributed by atoms with Gasteiger partial charge < -0.3 is 25.6 Å². The number of hydrogen-bond donors (Lipinski definition) is 1. The molecule has 1 aromatic heterocycles. The first-order valence-corrected chi connectivity index (χ1v) is 16.5. The van der Waals surface area contributed by atoms with Crippen LogP contribution in [0.5, 0.6) is 11.5 Å². The molecule has 4 aliphatic carbocycles. The Morgan fingerprint density at radius 1 is 1.00 bits per heavy atom. The Bertz CT molecular complexity index is 1680. The van der Waals surface area contributed by atoms with Crippen molar-refractivity contribution < 1.29 is 23.4 Å². The van der Waals surface area contributed by atoms with Crippen LogP contribution in [-0.2, 0) is 15.6 Å². The largest absolute Gasteiger partial charge is 0.495 e. The molecule has 4 N–H and O–H groups in total. The van der Waals surface area contributed by atoms with Gasteiger partial charge >= 0.3 is 5.69 Å². The van der Waals surface area contributed by atoms with E-state index in [4.69, 9.17) is 15.2 Å². The second-order valence-electron chi connectivity index (χ2n) is 12.1. The van der Waals surface area contributed by atoms with E-state index in [0.717, 1.165) is 23.2 Å². The molecule has 4 bridgehead atoms. The number of hydrogen-bond acceptors (Lipinski definition) is 6. The lowest BCUT2D eigenvalue weighted by Crippen LogP contribution is -2.54. The SMILES string of the molecule is CCOc1ccc2c(c1)n(C13CC4CC(CC(C4)C1)C3)c(=O)n2S(=O)(=O)c1ccc(N=C(N)N(CC)CC)cc1OC.Cl.O. The van der Waals surface area contributed by atoms with E-state index in [-0.39, 0.29) is 34.1 Å². The van der Waals surface area contributed by atoms with E-state index in [9.17, 15) is 13.2 Å². The average molecular weight is 650 g/mol. The Morgan fingerprint density at radius 3 is 2.16 bits per heavy atom. The van der Waals surface area contributed by atoms with Crippen molar-refractivity contribution in [3.05, 3.63) is 46.9 Å². The highest BCUT2D eigenvalue weighted by Gasteiger charge is 2.53. The molecule has 0 radical (unpaired) electrons. The molecule has 11 nitrogen and oxygen atoms in total. The normalized spacial score (nSPS) is 24.1. The number of nitrogens with two attached hydrogens (primary N) is 1. The van der Waals surface area contributed by atoms with Crippen LogP contribution in [0.2, 0.25) is 0 Å². The molecule has 3 aromatic rings. The maximum Gasteiger partial charge on any atom is 0.343 e. The van der Waals surface area contributed by atoms with Gasteiger partial charge in [-0.05, 0) is 101 Å². The third-order valence-electron chi connectivity index (χ3n) is 9.56. The molecule has 44 heavy (non-hydrogen) atoms. The number of aromatic nitrogens is 2. The first kappa shape index (κ1) is 33.7. The Morgan fingerprint density at radius 2 is 1.61 bits per heavy atom. The number of nitrogens with zero attached hydrogens (tertiary/aromatic N) is 4. The predicted molar refractivity (Wildman–Crippen MR) is 174 cm³/mol. The summed E-state index contributed by atoms with van der Waals surface area (Å²) in [4.78, 5) is 20.7. The van der Waals surface area contributed by atoms with Crippen LogP contribution in [0.4, 0.5) is 5.69 Å². The van der Waals surface area contributed by atoms with Crippen LogP contribution in [0, 0.1) is 17.8 Å². The van der Waals surface area contributed by atoms with Gasteiger partial charge in [-0.15, -0.1) is 12.4 Å². The van der Waals surface area contributed by atoms with Gasteiger partial charge in [-0.25, -0.2) is 18.2 Å². The minimum atomic E-state index is -4.36. The van der Waals surface area contributed by atoms with E-state index >= 15 is 0 Å². The monoisotopic (exact) mass is 649 g/mol. The van der Waals surface area contributed by atoms with E-state index < -0.39 is 15.7 Å². The fourth-order valence-electron chi connectivity index (χ4n) is 8.22. The lowest BCUT2D eigenvalue weighted by molar-refractivity contribution is -0.0426. The van der Waals surface area contributed by atoms with Gasteiger partial charge in [-0.3, -0.25) is 4.57 Å². The van der Waals surface area contributed by atoms with Crippen molar-refractivity contribution in [2.45, 2.75) is 69.7 Å². The lowest BCUT2D eigenvalue weighted by Gasteiger charge is -2.57. The second-order valence-corrected chi connectivity index (χ2v) is 13.8. The van der Waals surface area contributed by atoms with Gasteiger partial charge in [0.1, 0.15) is 16.4 Å². The molecule has 0 atom stereocenters. The molecule has 0 unspecified atom stereocenters. The molecule has 4 saturated carbocycles. The molecule has 0 amide bonds. The van der Waals surface area contributed by atoms with Crippen molar-refractivity contribution in [1.29, 1.82) is 0 Å². The average Bonchev–Trinajstić information content (AvgIpc) is 3.25. The Labute approximate surface area is 264 Å². The van der Waals surface area contributed by atoms with E-state index in [1.807, 2.05) is 36.3 Å². The molecule has 2 aromatic carbocycles. The van der Waals surface area contributed by atoms with Gasteiger partial charge in [0, 0.05) is 25.2 Å². The van der Waals surface area contributed by atoms with Gasteiger partial charge in [0.05, 0.1) is 36.0 Å². The van der Waals surface area contributed by atoms with E-state index in [1.165, 1.54) is 32.4 Å². The first-order valence-electron chi connectivity index (χ1n) is 15.1. The molecule has 4 aliphatic rings. The standard InChI is InChI=1S/C31H41N5O5S.ClH.H2O/c1-5-34(6-2)29(32)33-23-8-11-28(27(15-23)40-4)42(38,39)36-25-10-9-24(41-7-3)16-26(25)35(30(36)37)31-17-20-12-21(18-31)14-22(13-20)19-31;;/h8-11,15-16,20-22H,5-7,12-14,17-19H2,1-4H3,(H2,32,33);1H;1H2. The summed E-state index contributed by atoms with van der Waals surface area (Å²) in [7, 11) is -2.95. The third-order valence-corrected chi connectivity index (χ3v) is 11.3. The van der Waals surface area contributed by atoms with E-state index in [0.29, 0.717) is 65.9 Å². The number of halogens is 1. The van der Waals surface area contributed by atoms with Gasteiger partial charge in [-0.2, -0.15) is 3.97 Å². The lowest BCUT2D eigenvalue weighted by atomic mass is 9.53. The van der Waals surface area contributed by atoms with Crippen molar-refractivity contribution in [2.24, 2.45) is 28.5 Å². The van der Waals surface area contributed by atoms with Crippen LogP contribution < -0.4 is 20.9 Å². The van der Waals surface area contributed by atoms with Crippen molar-refractivity contribution in [2.75, 3.05) is 26.8 Å². The number of aliphatic imine (C=N–C) groups is 1. The Balaban J connectivity index is 0.00000221. The van der Waals surface area contributed by atoms with Crippen molar-refractivity contribution >= 4 is 45.1 Å². The van der Waals surface area contributed by atoms with Crippen LogP contribution >= 0.6 is 12.4 Å². The number of guanidine groups is 1. The van der Waals surface area contributed by atoms with E-state index in [2.05, 4.69) is 4.99 Å². The molecule has 0 spiro atoms. The number of rotatable bonds is 9. The first-order chi connectivity index (χ1) is 20.1. The summed E-state index contributed by atoms with van der Waals surface area (Å²) in [5.41, 5.74) is 6.66. The Kier molecular flexibility index (Phi) is 9.68. The van der Waals surface area contributed by atoms with Gasteiger partial charge in [0.15, 0.2) is 5.96 Å². The molecule has 7 rings (SSSR count). The topological polar surface area (TPSA) is 153 Å². The van der Waals surface area contributed by atoms with E-state index in [1.54, 1.807) is 24.3 Å². The van der Waals surface area contributed by atoms with Crippen molar-refractivity contribution in [3.8, 4) is 11.5 Å². The zero-order chi connectivity index (χ0) is 29.8. The van der Waals surface area contributed by atoms with Crippen LogP contribution in [0.3, 0.4) is 0 Å². The maximum absolute atomic E-state index is 14.5. The summed E-state index contributed by atoms with van der Waals surface area (Å²) in [5, 5.41) is 0. The van der Waals surface area contributed by atoms with Gasteiger partial charge in [0.2, 0.25) is 0 Å². The summed E-state index contributed by atoms with van der Waals surface area (Å²) in [6, 6.07) is 9.81. The number of ether oxygens (including phenoxy) is 2. The second kappa shape index (κ2) is 12.6. The fraction of sp³-hybridized carbons (Fsp3) is 0.548. The minimum Gasteiger partial charge on any atom is -0.495 e. The third kappa shape index (κ3) is 5.45. The highest BCUT2D eigenvalue weighted by atomic mass is 35.5. The maximum atomic E-state index is 14.5. The number of fused-ring (bicyclic) bond motifs is 1. The molecule has 0 aliphatic heterocycles. The molecule has 242 valence electrons. The van der Waals surface area contributed by atoms with Crippen molar-refractivity contribution in [1.82, 2.24) is 13.4 Å². The van der Waals surface area contributed by atoms with Gasteiger partial charge in [-0.1, -0.05) is 0 Å².